The topological polar surface area (TPSA) is 37.9 Å². The van der Waals surface area contributed by atoms with E-state index in [-0.39, 0.29) is 0 Å². The number of aryl methyl sites for hydroxylation is 1. The van der Waals surface area contributed by atoms with Crippen molar-refractivity contribution >= 4 is 23.2 Å². The first-order chi connectivity index (χ1) is 7.61. The quantitative estimate of drug-likeness (QED) is 0.890. The third-order valence-electron chi connectivity index (χ3n) is 2.21. The number of imidazole rings is 1. The monoisotopic (exact) mass is 256 g/mol. The van der Waals surface area contributed by atoms with Crippen LogP contribution < -0.4 is 4.74 Å². The van der Waals surface area contributed by atoms with Crippen molar-refractivity contribution in [3.63, 3.8) is 0 Å². The van der Waals surface area contributed by atoms with Crippen molar-refractivity contribution in [3.05, 3.63) is 34.2 Å². The summed E-state index contributed by atoms with van der Waals surface area (Å²) in [6, 6.07) is 3.44. The van der Waals surface area contributed by atoms with E-state index in [1.807, 2.05) is 6.92 Å². The highest BCUT2D eigenvalue weighted by Gasteiger charge is 2.13. The first-order valence-electron chi connectivity index (χ1n) is 4.67. The molecule has 0 bridgehead atoms. The minimum atomic E-state index is 0.484. The molecule has 3 nitrogen and oxygen atoms in total. The maximum atomic E-state index is 6.05. The molecule has 0 amide bonds. The molecule has 0 radical (unpaired) electrons. The molecular formula is C11H10Cl2N2O. The van der Waals surface area contributed by atoms with Gasteiger partial charge in [0.25, 0.3) is 0 Å². The molecule has 0 fully saturated rings. The van der Waals surface area contributed by atoms with Crippen LogP contribution in [0.15, 0.2) is 18.3 Å². The van der Waals surface area contributed by atoms with E-state index < -0.39 is 0 Å². The van der Waals surface area contributed by atoms with E-state index in [0.29, 0.717) is 15.8 Å². The summed E-state index contributed by atoms with van der Waals surface area (Å²) in [7, 11) is 1.57. The largest absolute Gasteiger partial charge is 0.494 e. The Balaban J connectivity index is 2.63. The Morgan fingerprint density at radius 3 is 2.62 bits per heavy atom. The number of rotatable bonds is 2. The van der Waals surface area contributed by atoms with Gasteiger partial charge in [0.05, 0.1) is 24.0 Å². The molecule has 1 aromatic heterocycles. The normalized spacial score (nSPS) is 10.5. The molecule has 0 saturated carbocycles. The second-order valence-corrected chi connectivity index (χ2v) is 4.19. The third-order valence-corrected chi connectivity index (χ3v) is 2.70. The minimum absolute atomic E-state index is 0.484. The third kappa shape index (κ3) is 2.01. The highest BCUT2D eigenvalue weighted by atomic mass is 35.5. The van der Waals surface area contributed by atoms with Gasteiger partial charge in [-0.25, -0.2) is 4.98 Å². The molecule has 0 spiro atoms. The number of ether oxygens (including phenoxy) is 1. The molecule has 0 aliphatic rings. The van der Waals surface area contributed by atoms with Crippen LogP contribution in [-0.4, -0.2) is 17.1 Å². The van der Waals surface area contributed by atoms with E-state index in [1.54, 1.807) is 25.4 Å². The van der Waals surface area contributed by atoms with Crippen molar-refractivity contribution in [1.29, 1.82) is 0 Å². The van der Waals surface area contributed by atoms with Gasteiger partial charge in [-0.2, -0.15) is 0 Å². The van der Waals surface area contributed by atoms with E-state index in [1.165, 1.54) is 0 Å². The van der Waals surface area contributed by atoms with Crippen LogP contribution >= 0.6 is 23.2 Å². The summed E-state index contributed by atoms with van der Waals surface area (Å²) in [5.41, 5.74) is 1.64. The zero-order valence-corrected chi connectivity index (χ0v) is 10.4. The summed E-state index contributed by atoms with van der Waals surface area (Å²) in [4.78, 5) is 7.24. The molecule has 2 rings (SSSR count). The average Bonchev–Trinajstić information content (AvgIpc) is 2.63. The van der Waals surface area contributed by atoms with E-state index in [2.05, 4.69) is 9.97 Å². The van der Waals surface area contributed by atoms with Crippen LogP contribution in [0.3, 0.4) is 0 Å². The number of hydrogen-bond acceptors (Lipinski definition) is 2. The fourth-order valence-electron chi connectivity index (χ4n) is 1.53. The summed E-state index contributed by atoms with van der Waals surface area (Å²) in [6.07, 6.45) is 1.72. The number of aromatic amines is 1. The molecule has 1 N–H and O–H groups in total. The molecule has 1 aromatic carbocycles. The van der Waals surface area contributed by atoms with Crippen LogP contribution in [0.4, 0.5) is 0 Å². The van der Waals surface area contributed by atoms with Crippen LogP contribution in [-0.2, 0) is 0 Å². The fourth-order valence-corrected chi connectivity index (χ4v) is 2.10. The number of nitrogens with zero attached hydrogens (tertiary/aromatic N) is 1. The second kappa shape index (κ2) is 4.36. The van der Waals surface area contributed by atoms with Crippen molar-refractivity contribution in [2.24, 2.45) is 0 Å². The Kier molecular flexibility index (Phi) is 3.08. The molecular weight excluding hydrogens is 247 g/mol. The van der Waals surface area contributed by atoms with Crippen molar-refractivity contribution < 1.29 is 4.74 Å². The molecule has 0 aliphatic heterocycles. The van der Waals surface area contributed by atoms with Gasteiger partial charge in [0, 0.05) is 10.6 Å². The van der Waals surface area contributed by atoms with Crippen LogP contribution in [0.25, 0.3) is 11.3 Å². The van der Waals surface area contributed by atoms with Gasteiger partial charge in [-0.1, -0.05) is 23.2 Å². The zero-order chi connectivity index (χ0) is 11.7. The fraction of sp³-hybridized carbons (Fsp3) is 0.182. The van der Waals surface area contributed by atoms with Gasteiger partial charge in [0.15, 0.2) is 0 Å². The van der Waals surface area contributed by atoms with Crippen LogP contribution in [0.1, 0.15) is 5.82 Å². The lowest BCUT2D eigenvalue weighted by Crippen LogP contribution is -1.89. The SMILES string of the molecule is COc1c(Cl)cc(Cl)cc1-c1cnc(C)[nH]1. The van der Waals surface area contributed by atoms with Crippen LogP contribution in [0.5, 0.6) is 5.75 Å². The molecule has 0 saturated heterocycles. The summed E-state index contributed by atoms with van der Waals surface area (Å²) < 4.78 is 5.26. The summed E-state index contributed by atoms with van der Waals surface area (Å²) in [5, 5.41) is 1.05. The van der Waals surface area contributed by atoms with Crippen molar-refractivity contribution in [2.45, 2.75) is 6.92 Å². The maximum Gasteiger partial charge on any atom is 0.146 e. The number of hydrogen-bond donors (Lipinski definition) is 1. The maximum absolute atomic E-state index is 6.05. The van der Waals surface area contributed by atoms with E-state index >= 15 is 0 Å². The van der Waals surface area contributed by atoms with Gasteiger partial charge in [-0.15, -0.1) is 0 Å². The predicted octanol–water partition coefficient (Wildman–Crippen LogP) is 3.70. The van der Waals surface area contributed by atoms with Gasteiger partial charge >= 0.3 is 0 Å². The molecule has 2 aromatic rings. The van der Waals surface area contributed by atoms with Gasteiger partial charge in [-0.05, 0) is 19.1 Å². The Bertz CT molecular complexity index is 523. The van der Waals surface area contributed by atoms with Gasteiger partial charge < -0.3 is 9.72 Å². The number of benzene rings is 1. The number of halogens is 2. The second-order valence-electron chi connectivity index (χ2n) is 3.35. The highest BCUT2D eigenvalue weighted by Crippen LogP contribution is 2.37. The summed E-state index contributed by atoms with van der Waals surface area (Å²) >= 11 is 12.0. The summed E-state index contributed by atoms with van der Waals surface area (Å²) in [5.74, 6) is 1.42. The summed E-state index contributed by atoms with van der Waals surface area (Å²) in [6.45, 7) is 1.88. The standard InChI is InChI=1S/C11H10Cl2N2O/c1-6-14-5-10(15-6)8-3-7(12)4-9(13)11(8)16-2/h3-5H,1-2H3,(H,14,15). The number of nitrogens with one attached hydrogen (secondary N) is 1. The van der Waals surface area contributed by atoms with Crippen molar-refractivity contribution in [2.75, 3.05) is 7.11 Å². The predicted molar refractivity (Wildman–Crippen MR) is 65.3 cm³/mol. The van der Waals surface area contributed by atoms with Gasteiger partial charge in [0.1, 0.15) is 11.6 Å². The van der Waals surface area contributed by atoms with Crippen molar-refractivity contribution in [3.8, 4) is 17.0 Å². The minimum Gasteiger partial charge on any atom is -0.494 e. The lowest BCUT2D eigenvalue weighted by molar-refractivity contribution is 0.416. The Hall–Kier alpha value is -1.19. The van der Waals surface area contributed by atoms with E-state index in [0.717, 1.165) is 17.1 Å². The molecule has 16 heavy (non-hydrogen) atoms. The number of methoxy groups -OCH3 is 1. The van der Waals surface area contributed by atoms with E-state index in [9.17, 15) is 0 Å². The molecule has 84 valence electrons. The number of aromatic nitrogens is 2. The molecule has 1 heterocycles. The van der Waals surface area contributed by atoms with Crippen molar-refractivity contribution in [1.82, 2.24) is 9.97 Å². The lowest BCUT2D eigenvalue weighted by atomic mass is 10.1. The smallest absolute Gasteiger partial charge is 0.146 e. The molecule has 0 atom stereocenters. The zero-order valence-electron chi connectivity index (χ0n) is 8.84. The first-order valence-corrected chi connectivity index (χ1v) is 5.42. The van der Waals surface area contributed by atoms with E-state index in [4.69, 9.17) is 27.9 Å². The Morgan fingerprint density at radius 1 is 1.31 bits per heavy atom. The Morgan fingerprint density at radius 2 is 2.06 bits per heavy atom. The molecule has 5 heteroatoms. The van der Waals surface area contributed by atoms with Crippen LogP contribution in [0.2, 0.25) is 10.0 Å². The van der Waals surface area contributed by atoms with Gasteiger partial charge in [-0.3, -0.25) is 0 Å². The van der Waals surface area contributed by atoms with Crippen LogP contribution in [0, 0.1) is 6.92 Å². The average molecular weight is 257 g/mol. The first kappa shape index (κ1) is 11.3. The molecule has 0 aliphatic carbocycles. The Labute approximate surface area is 103 Å². The highest BCUT2D eigenvalue weighted by molar-refractivity contribution is 6.36. The molecule has 0 unspecified atom stereocenters. The van der Waals surface area contributed by atoms with Gasteiger partial charge in [0.2, 0.25) is 0 Å². The lowest BCUT2D eigenvalue weighted by Gasteiger charge is -2.09. The number of H-pyrrole nitrogens is 1.